The highest BCUT2D eigenvalue weighted by Crippen LogP contribution is 2.30. The van der Waals surface area contributed by atoms with Gasteiger partial charge in [0.1, 0.15) is 4.90 Å². The number of sulfonamides is 1. The number of carbonyl (C=O) groups excluding carboxylic acids is 2. The van der Waals surface area contributed by atoms with Crippen molar-refractivity contribution < 1.29 is 18.0 Å². The second-order valence-corrected chi connectivity index (χ2v) is 7.02. The van der Waals surface area contributed by atoms with E-state index in [0.29, 0.717) is 13.1 Å². The third-order valence-electron chi connectivity index (χ3n) is 3.57. The van der Waals surface area contributed by atoms with Crippen LogP contribution in [0.1, 0.15) is 41.0 Å². The van der Waals surface area contributed by atoms with Crippen molar-refractivity contribution in [3.63, 3.8) is 0 Å². The van der Waals surface area contributed by atoms with Gasteiger partial charge < -0.3 is 10.6 Å². The van der Waals surface area contributed by atoms with Crippen molar-refractivity contribution in [2.45, 2.75) is 25.2 Å². The maximum atomic E-state index is 12.3. The Morgan fingerprint density at radius 2 is 1.91 bits per heavy atom. The van der Waals surface area contributed by atoms with Crippen LogP contribution in [0.4, 0.5) is 0 Å². The van der Waals surface area contributed by atoms with Gasteiger partial charge in [0.15, 0.2) is 0 Å². The third-order valence-corrected chi connectivity index (χ3v) is 5.47. The predicted molar refractivity (Wildman–Crippen MR) is 85.8 cm³/mol. The number of carbonyl (C=O) groups is 2. The smallest absolute Gasteiger partial charge is 0.268 e. The van der Waals surface area contributed by atoms with Gasteiger partial charge in [-0.3, -0.25) is 9.59 Å². The van der Waals surface area contributed by atoms with Crippen LogP contribution in [0.5, 0.6) is 0 Å². The average Bonchev–Trinajstić information content (AvgIpc) is 2.72. The van der Waals surface area contributed by atoms with Crippen LogP contribution in [-0.2, 0) is 10.0 Å². The van der Waals surface area contributed by atoms with E-state index < -0.39 is 15.9 Å². The van der Waals surface area contributed by atoms with Crippen molar-refractivity contribution in [1.82, 2.24) is 14.9 Å². The van der Waals surface area contributed by atoms with Crippen molar-refractivity contribution >= 4 is 21.8 Å². The van der Waals surface area contributed by atoms with E-state index in [1.54, 1.807) is 6.92 Å². The molecule has 0 aromatic heterocycles. The number of rotatable bonds is 7. The summed E-state index contributed by atoms with van der Waals surface area (Å²) in [6.07, 6.45) is 1.01. The van der Waals surface area contributed by atoms with Crippen molar-refractivity contribution in [3.8, 4) is 0 Å². The SMILES string of the molecule is CCCNCCNC(=O)c1ccc2c(c1)S(=O)(=O)N(CC)C2=O. The van der Waals surface area contributed by atoms with Crippen LogP contribution in [0.25, 0.3) is 0 Å². The molecule has 2 amide bonds. The standard InChI is InChI=1S/C15H21N3O4S/c1-3-7-16-8-9-17-14(19)11-5-6-12-13(10-11)23(21,22)18(4-2)15(12)20/h5-6,10,16H,3-4,7-9H2,1-2H3,(H,17,19). The lowest BCUT2D eigenvalue weighted by Crippen LogP contribution is -2.32. The molecule has 1 aromatic carbocycles. The number of nitrogens with one attached hydrogen (secondary N) is 2. The molecule has 1 aromatic rings. The fourth-order valence-corrected chi connectivity index (χ4v) is 4.00. The topological polar surface area (TPSA) is 95.6 Å². The van der Waals surface area contributed by atoms with Gasteiger partial charge in [-0.15, -0.1) is 0 Å². The maximum Gasteiger partial charge on any atom is 0.268 e. The van der Waals surface area contributed by atoms with E-state index in [2.05, 4.69) is 17.6 Å². The molecular formula is C15H21N3O4S. The number of amides is 2. The van der Waals surface area contributed by atoms with Crippen LogP contribution in [0, 0.1) is 0 Å². The summed E-state index contributed by atoms with van der Waals surface area (Å²) in [6, 6.07) is 4.14. The molecule has 0 unspecified atom stereocenters. The van der Waals surface area contributed by atoms with Crippen molar-refractivity contribution in [3.05, 3.63) is 29.3 Å². The zero-order valence-electron chi connectivity index (χ0n) is 13.3. The Morgan fingerprint density at radius 3 is 2.57 bits per heavy atom. The molecule has 7 nitrogen and oxygen atoms in total. The Kier molecular flexibility index (Phi) is 5.38. The van der Waals surface area contributed by atoms with Crippen molar-refractivity contribution in [2.24, 2.45) is 0 Å². The summed E-state index contributed by atoms with van der Waals surface area (Å²) in [7, 11) is -3.84. The van der Waals surface area contributed by atoms with Gasteiger partial charge in [0.25, 0.3) is 21.8 Å². The van der Waals surface area contributed by atoms with Crippen LogP contribution < -0.4 is 10.6 Å². The lowest BCUT2D eigenvalue weighted by Gasteiger charge is -2.11. The highest BCUT2D eigenvalue weighted by Gasteiger charge is 2.40. The van der Waals surface area contributed by atoms with Crippen molar-refractivity contribution in [2.75, 3.05) is 26.2 Å². The highest BCUT2D eigenvalue weighted by molar-refractivity contribution is 7.90. The minimum atomic E-state index is -3.84. The Labute approximate surface area is 136 Å². The van der Waals surface area contributed by atoms with E-state index in [-0.39, 0.29) is 28.5 Å². The van der Waals surface area contributed by atoms with Gasteiger partial charge in [0.05, 0.1) is 5.56 Å². The molecule has 2 N–H and O–H groups in total. The quantitative estimate of drug-likeness (QED) is 0.709. The summed E-state index contributed by atoms with van der Waals surface area (Å²) < 4.78 is 25.4. The number of nitrogens with zero attached hydrogens (tertiary/aromatic N) is 1. The Morgan fingerprint density at radius 1 is 1.17 bits per heavy atom. The Balaban J connectivity index is 2.13. The minimum Gasteiger partial charge on any atom is -0.351 e. The van der Waals surface area contributed by atoms with Gasteiger partial charge in [-0.05, 0) is 38.1 Å². The molecule has 23 heavy (non-hydrogen) atoms. The van der Waals surface area contributed by atoms with Gasteiger partial charge in [0.2, 0.25) is 0 Å². The van der Waals surface area contributed by atoms with Crippen molar-refractivity contribution in [1.29, 1.82) is 0 Å². The van der Waals surface area contributed by atoms with Gasteiger partial charge in [-0.2, -0.15) is 0 Å². The molecule has 8 heteroatoms. The number of fused-ring (bicyclic) bond motifs is 1. The molecule has 0 aliphatic carbocycles. The molecule has 0 radical (unpaired) electrons. The van der Waals surface area contributed by atoms with Gasteiger partial charge in [-0.1, -0.05) is 6.92 Å². The Hall–Kier alpha value is -1.93. The van der Waals surface area contributed by atoms with E-state index in [9.17, 15) is 18.0 Å². The molecule has 0 saturated carbocycles. The largest absolute Gasteiger partial charge is 0.351 e. The number of hydrogen-bond acceptors (Lipinski definition) is 5. The molecule has 0 spiro atoms. The monoisotopic (exact) mass is 339 g/mol. The fraction of sp³-hybridized carbons (Fsp3) is 0.467. The van der Waals surface area contributed by atoms with Crippen LogP contribution in [0.15, 0.2) is 23.1 Å². The number of hydrogen-bond donors (Lipinski definition) is 2. The van der Waals surface area contributed by atoms with E-state index in [1.165, 1.54) is 18.2 Å². The molecule has 2 rings (SSSR count). The lowest BCUT2D eigenvalue weighted by molar-refractivity contribution is 0.0874. The first-order valence-corrected chi connectivity index (χ1v) is 9.07. The summed E-state index contributed by atoms with van der Waals surface area (Å²) in [5, 5.41) is 5.87. The molecule has 0 atom stereocenters. The molecule has 1 heterocycles. The normalized spacial score (nSPS) is 15.6. The van der Waals surface area contributed by atoms with Gasteiger partial charge in [0, 0.05) is 25.2 Å². The first kappa shape index (κ1) is 17.4. The fourth-order valence-electron chi connectivity index (χ4n) is 2.40. The van der Waals surface area contributed by atoms with E-state index >= 15 is 0 Å². The molecule has 126 valence electrons. The summed E-state index contributed by atoms with van der Waals surface area (Å²) in [4.78, 5) is 24.0. The summed E-state index contributed by atoms with van der Waals surface area (Å²) >= 11 is 0. The van der Waals surface area contributed by atoms with Gasteiger partial charge in [-0.25, -0.2) is 12.7 Å². The van der Waals surface area contributed by atoms with Crippen LogP contribution in [0.3, 0.4) is 0 Å². The molecule has 0 saturated heterocycles. The molecular weight excluding hydrogens is 318 g/mol. The maximum absolute atomic E-state index is 12.3. The lowest BCUT2D eigenvalue weighted by atomic mass is 10.1. The van der Waals surface area contributed by atoms with E-state index in [0.717, 1.165) is 17.3 Å². The second-order valence-electron chi connectivity index (χ2n) is 5.19. The highest BCUT2D eigenvalue weighted by atomic mass is 32.2. The van der Waals surface area contributed by atoms with E-state index in [4.69, 9.17) is 0 Å². The molecule has 1 aliphatic rings. The average molecular weight is 339 g/mol. The molecule has 0 fully saturated rings. The Bertz CT molecular complexity index is 715. The number of benzene rings is 1. The minimum absolute atomic E-state index is 0.0699. The first-order valence-electron chi connectivity index (χ1n) is 7.63. The predicted octanol–water partition coefficient (Wildman–Crippen LogP) is 0.580. The molecule has 1 aliphatic heterocycles. The zero-order valence-corrected chi connectivity index (χ0v) is 14.1. The van der Waals surface area contributed by atoms with Crippen LogP contribution in [0.2, 0.25) is 0 Å². The van der Waals surface area contributed by atoms with Gasteiger partial charge >= 0.3 is 0 Å². The molecule has 0 bridgehead atoms. The van der Waals surface area contributed by atoms with E-state index in [1.807, 2.05) is 0 Å². The summed E-state index contributed by atoms with van der Waals surface area (Å²) in [5.41, 5.74) is 0.349. The first-order chi connectivity index (χ1) is 10.9. The van der Waals surface area contributed by atoms with Crippen LogP contribution in [-0.4, -0.2) is 50.7 Å². The van der Waals surface area contributed by atoms with Crippen LogP contribution >= 0.6 is 0 Å². The third kappa shape index (κ3) is 3.37. The summed E-state index contributed by atoms with van der Waals surface area (Å²) in [5.74, 6) is -0.901. The second kappa shape index (κ2) is 7.10. The zero-order chi connectivity index (χ0) is 17.0. The summed E-state index contributed by atoms with van der Waals surface area (Å²) in [6.45, 7) is 5.69.